The Balaban J connectivity index is 2.22. The van der Waals surface area contributed by atoms with E-state index in [0.29, 0.717) is 18.8 Å². The summed E-state index contributed by atoms with van der Waals surface area (Å²) < 4.78 is 14.0. The Hall–Kier alpha value is -1.94. The van der Waals surface area contributed by atoms with Gasteiger partial charge in [-0.15, -0.1) is 0 Å². The smallest absolute Gasteiger partial charge is 0.146 e. The van der Waals surface area contributed by atoms with E-state index in [9.17, 15) is 4.39 Å². The maximum atomic E-state index is 14.0. The fourth-order valence-corrected chi connectivity index (χ4v) is 2.20. The first-order valence-electron chi connectivity index (χ1n) is 6.81. The fraction of sp³-hybridized carbons (Fsp3) is 0.312. The van der Waals surface area contributed by atoms with Crippen molar-refractivity contribution in [2.24, 2.45) is 5.73 Å². The molecular weight excluding hydrogens is 253 g/mol. The molecule has 0 unspecified atom stereocenters. The van der Waals surface area contributed by atoms with Gasteiger partial charge in [-0.1, -0.05) is 18.2 Å². The van der Waals surface area contributed by atoms with E-state index >= 15 is 0 Å². The summed E-state index contributed by atoms with van der Waals surface area (Å²) in [5.74, 6) is -0.204. The van der Waals surface area contributed by atoms with E-state index in [1.54, 1.807) is 12.1 Å². The summed E-state index contributed by atoms with van der Waals surface area (Å²) in [6, 6.07) is 8.91. The predicted molar refractivity (Wildman–Crippen MR) is 80.1 cm³/mol. The van der Waals surface area contributed by atoms with E-state index in [-0.39, 0.29) is 5.82 Å². The zero-order chi connectivity index (χ0) is 14.4. The number of nitrogens with two attached hydrogens (primary N) is 1. The van der Waals surface area contributed by atoms with Crippen molar-refractivity contribution < 1.29 is 4.39 Å². The molecule has 0 radical (unpaired) electrons. The molecule has 0 fully saturated rings. The first kappa shape index (κ1) is 14.5. The zero-order valence-electron chi connectivity index (χ0n) is 11.7. The Labute approximate surface area is 119 Å². The van der Waals surface area contributed by atoms with Gasteiger partial charge in [-0.05, 0) is 43.1 Å². The minimum Gasteiger partial charge on any atom is -0.365 e. The first-order valence-corrected chi connectivity index (χ1v) is 6.81. The highest BCUT2D eigenvalue weighted by molar-refractivity contribution is 5.48. The summed E-state index contributed by atoms with van der Waals surface area (Å²) in [7, 11) is 0. The van der Waals surface area contributed by atoms with Crippen molar-refractivity contribution in [3.63, 3.8) is 0 Å². The molecule has 0 aliphatic carbocycles. The van der Waals surface area contributed by atoms with Crippen LogP contribution in [0.4, 0.5) is 10.1 Å². The van der Waals surface area contributed by atoms with Gasteiger partial charge in [0.25, 0.3) is 0 Å². The maximum Gasteiger partial charge on any atom is 0.146 e. The number of nitrogens with zero attached hydrogens (tertiary/aromatic N) is 2. The largest absolute Gasteiger partial charge is 0.365 e. The zero-order valence-corrected chi connectivity index (χ0v) is 11.7. The molecule has 2 N–H and O–H groups in total. The summed E-state index contributed by atoms with van der Waals surface area (Å²) in [4.78, 5) is 6.20. The number of aryl methyl sites for hydroxylation is 1. The molecule has 0 aliphatic rings. The lowest BCUT2D eigenvalue weighted by molar-refractivity contribution is 0.612. The lowest BCUT2D eigenvalue weighted by Crippen LogP contribution is -2.26. The van der Waals surface area contributed by atoms with Gasteiger partial charge in [0.05, 0.1) is 5.69 Å². The minimum absolute atomic E-state index is 0.204. The highest BCUT2D eigenvalue weighted by Crippen LogP contribution is 2.21. The van der Waals surface area contributed by atoms with Crippen LogP contribution >= 0.6 is 0 Å². The van der Waals surface area contributed by atoms with E-state index in [2.05, 4.69) is 11.1 Å². The molecule has 2 aromatic rings. The third-order valence-electron chi connectivity index (χ3n) is 3.13. The molecule has 0 saturated heterocycles. The molecule has 0 saturated carbocycles. The van der Waals surface area contributed by atoms with Gasteiger partial charge in [-0.2, -0.15) is 0 Å². The minimum atomic E-state index is -0.204. The lowest BCUT2D eigenvalue weighted by atomic mass is 10.2. The molecule has 1 aromatic heterocycles. The molecule has 4 heteroatoms. The van der Waals surface area contributed by atoms with Gasteiger partial charge in [0.15, 0.2) is 0 Å². The third-order valence-corrected chi connectivity index (χ3v) is 3.13. The Morgan fingerprint density at radius 1 is 1.25 bits per heavy atom. The summed E-state index contributed by atoms with van der Waals surface area (Å²) in [5, 5.41) is 0. The molecule has 2 rings (SSSR count). The molecule has 0 atom stereocenters. The van der Waals surface area contributed by atoms with Gasteiger partial charge in [0.2, 0.25) is 0 Å². The van der Waals surface area contributed by atoms with Crippen LogP contribution in [0.5, 0.6) is 0 Å². The van der Waals surface area contributed by atoms with Crippen molar-refractivity contribution in [3.05, 3.63) is 59.7 Å². The van der Waals surface area contributed by atoms with Crippen molar-refractivity contribution in [3.8, 4) is 0 Å². The van der Waals surface area contributed by atoms with Gasteiger partial charge < -0.3 is 10.6 Å². The average Bonchev–Trinajstić information content (AvgIpc) is 2.44. The van der Waals surface area contributed by atoms with E-state index in [1.165, 1.54) is 6.07 Å². The number of hydrogen-bond acceptors (Lipinski definition) is 3. The molecule has 20 heavy (non-hydrogen) atoms. The highest BCUT2D eigenvalue weighted by Gasteiger charge is 2.11. The van der Waals surface area contributed by atoms with Gasteiger partial charge in [-0.3, -0.25) is 4.98 Å². The Bertz CT molecular complexity index is 557. The van der Waals surface area contributed by atoms with Crippen LogP contribution in [0, 0.1) is 12.7 Å². The van der Waals surface area contributed by atoms with Crippen LogP contribution in [0.1, 0.15) is 17.5 Å². The molecule has 0 spiro atoms. The number of halogens is 1. The molecule has 0 amide bonds. The van der Waals surface area contributed by atoms with E-state index in [1.807, 2.05) is 30.3 Å². The Morgan fingerprint density at radius 2 is 2.05 bits per heavy atom. The molecule has 0 bridgehead atoms. The van der Waals surface area contributed by atoms with Crippen LogP contribution in [0.3, 0.4) is 0 Å². The number of para-hydroxylation sites is 1. The number of anilines is 1. The van der Waals surface area contributed by atoms with Crippen LogP contribution in [0.15, 0.2) is 42.7 Å². The second-order valence-electron chi connectivity index (χ2n) is 4.89. The van der Waals surface area contributed by atoms with Gasteiger partial charge in [0, 0.05) is 25.5 Å². The quantitative estimate of drug-likeness (QED) is 0.880. The lowest BCUT2D eigenvalue weighted by Gasteiger charge is -2.25. The number of pyridine rings is 1. The highest BCUT2D eigenvalue weighted by atomic mass is 19.1. The number of benzene rings is 1. The average molecular weight is 273 g/mol. The predicted octanol–water partition coefficient (Wildman–Crippen LogP) is 2.88. The molecule has 3 nitrogen and oxygen atoms in total. The fourth-order valence-electron chi connectivity index (χ4n) is 2.20. The summed E-state index contributed by atoms with van der Waals surface area (Å²) in [5.41, 5.74) is 8.37. The molecule has 1 aromatic carbocycles. The van der Waals surface area contributed by atoms with Crippen LogP contribution in [-0.2, 0) is 6.54 Å². The van der Waals surface area contributed by atoms with Crippen molar-refractivity contribution in [2.45, 2.75) is 19.9 Å². The van der Waals surface area contributed by atoms with Crippen LogP contribution in [0.2, 0.25) is 0 Å². The normalized spacial score (nSPS) is 10.6. The maximum absolute atomic E-state index is 14.0. The van der Waals surface area contributed by atoms with Gasteiger partial charge >= 0.3 is 0 Å². The Morgan fingerprint density at radius 3 is 2.75 bits per heavy atom. The SMILES string of the molecule is Cc1cncc(CN(CCCN)c2ccccc2F)c1. The summed E-state index contributed by atoms with van der Waals surface area (Å²) in [6.07, 6.45) is 4.47. The van der Waals surface area contributed by atoms with E-state index in [0.717, 1.165) is 24.1 Å². The number of rotatable bonds is 6. The van der Waals surface area contributed by atoms with Crippen LogP contribution < -0.4 is 10.6 Å². The molecular formula is C16H20FN3. The first-order chi connectivity index (χ1) is 9.70. The third kappa shape index (κ3) is 3.78. The van der Waals surface area contributed by atoms with Crippen LogP contribution in [-0.4, -0.2) is 18.1 Å². The van der Waals surface area contributed by atoms with Crippen molar-refractivity contribution in [2.75, 3.05) is 18.0 Å². The summed E-state index contributed by atoms with van der Waals surface area (Å²) in [6.45, 7) is 3.96. The Kier molecular flexibility index (Phi) is 5.07. The summed E-state index contributed by atoms with van der Waals surface area (Å²) >= 11 is 0. The van der Waals surface area contributed by atoms with Crippen molar-refractivity contribution >= 4 is 5.69 Å². The number of hydrogen-bond donors (Lipinski definition) is 1. The standard InChI is InChI=1S/C16H20FN3/c1-13-9-14(11-19-10-13)12-20(8-4-7-18)16-6-3-2-5-15(16)17/h2-3,5-6,9-11H,4,7-8,12,18H2,1H3. The second-order valence-corrected chi connectivity index (χ2v) is 4.89. The topological polar surface area (TPSA) is 42.2 Å². The van der Waals surface area contributed by atoms with E-state index in [4.69, 9.17) is 5.73 Å². The molecule has 1 heterocycles. The van der Waals surface area contributed by atoms with Gasteiger partial charge in [0.1, 0.15) is 5.82 Å². The van der Waals surface area contributed by atoms with Crippen LogP contribution in [0.25, 0.3) is 0 Å². The van der Waals surface area contributed by atoms with E-state index < -0.39 is 0 Å². The monoisotopic (exact) mass is 273 g/mol. The molecule has 0 aliphatic heterocycles. The molecule has 106 valence electrons. The second kappa shape index (κ2) is 7.01. The van der Waals surface area contributed by atoms with Crippen molar-refractivity contribution in [1.82, 2.24) is 4.98 Å². The number of aromatic nitrogens is 1. The van der Waals surface area contributed by atoms with Crippen molar-refractivity contribution in [1.29, 1.82) is 0 Å². The van der Waals surface area contributed by atoms with Gasteiger partial charge in [-0.25, -0.2) is 4.39 Å².